The molecule has 0 aliphatic rings. The molecule has 0 amide bonds. The van der Waals surface area contributed by atoms with Crippen LogP contribution in [0.3, 0.4) is 0 Å². The molecule has 0 aromatic heterocycles. The standard InChI is InChI=1S/C7H10O3/c1-4-10-6(3)5(2)7(8)9/h4,6H,1-2H2,3H3,(H,8,9)/p-1. The van der Waals surface area contributed by atoms with Gasteiger partial charge in [-0.1, -0.05) is 13.2 Å². The first-order valence-corrected chi connectivity index (χ1v) is 2.76. The number of carbonyl (C=O) groups excluding carboxylic acids is 1. The number of rotatable bonds is 4. The van der Waals surface area contributed by atoms with Gasteiger partial charge in [-0.05, 0) is 6.92 Å². The summed E-state index contributed by atoms with van der Waals surface area (Å²) < 4.78 is 4.71. The van der Waals surface area contributed by atoms with Crippen molar-refractivity contribution in [2.45, 2.75) is 13.0 Å². The van der Waals surface area contributed by atoms with Gasteiger partial charge in [0.15, 0.2) is 0 Å². The van der Waals surface area contributed by atoms with Gasteiger partial charge in [-0.25, -0.2) is 0 Å². The molecule has 0 aliphatic heterocycles. The molecule has 0 saturated carbocycles. The maximum atomic E-state index is 10.1. The summed E-state index contributed by atoms with van der Waals surface area (Å²) in [6, 6.07) is 0. The van der Waals surface area contributed by atoms with Crippen molar-refractivity contribution in [2.24, 2.45) is 0 Å². The van der Waals surface area contributed by atoms with Crippen LogP contribution < -0.4 is 5.11 Å². The monoisotopic (exact) mass is 141 g/mol. The van der Waals surface area contributed by atoms with Crippen molar-refractivity contribution in [3.05, 3.63) is 25.0 Å². The van der Waals surface area contributed by atoms with Gasteiger partial charge in [-0.15, -0.1) is 0 Å². The molecule has 0 heterocycles. The van der Waals surface area contributed by atoms with Crippen molar-refractivity contribution >= 4 is 5.97 Å². The predicted octanol–water partition coefficient (Wildman–Crippen LogP) is -0.159. The summed E-state index contributed by atoms with van der Waals surface area (Å²) in [4.78, 5) is 10.1. The molecule has 1 atom stereocenters. The predicted molar refractivity (Wildman–Crippen MR) is 34.9 cm³/mol. The molecule has 10 heavy (non-hydrogen) atoms. The van der Waals surface area contributed by atoms with Gasteiger partial charge in [0.1, 0.15) is 6.10 Å². The summed E-state index contributed by atoms with van der Waals surface area (Å²) in [5.74, 6) is -1.30. The van der Waals surface area contributed by atoms with Crippen LogP contribution in [0, 0.1) is 0 Å². The molecule has 0 bridgehead atoms. The molecule has 0 N–H and O–H groups in total. The van der Waals surface area contributed by atoms with Crippen molar-refractivity contribution in [3.63, 3.8) is 0 Å². The van der Waals surface area contributed by atoms with Crippen LogP contribution >= 0.6 is 0 Å². The van der Waals surface area contributed by atoms with Gasteiger partial charge in [0.05, 0.1) is 12.2 Å². The largest absolute Gasteiger partial charge is 0.545 e. The van der Waals surface area contributed by atoms with E-state index in [1.54, 1.807) is 6.92 Å². The maximum Gasteiger partial charge on any atom is 0.121 e. The van der Waals surface area contributed by atoms with E-state index < -0.39 is 12.1 Å². The van der Waals surface area contributed by atoms with Crippen LogP contribution in [0.5, 0.6) is 0 Å². The molecule has 3 heteroatoms. The quantitative estimate of drug-likeness (QED) is 0.404. The Morgan fingerprint density at radius 3 is 2.60 bits per heavy atom. The Morgan fingerprint density at radius 2 is 2.30 bits per heavy atom. The highest BCUT2D eigenvalue weighted by molar-refractivity contribution is 5.84. The van der Waals surface area contributed by atoms with E-state index in [-0.39, 0.29) is 5.57 Å². The van der Waals surface area contributed by atoms with E-state index in [1.807, 2.05) is 0 Å². The maximum absolute atomic E-state index is 10.1. The first kappa shape index (κ1) is 8.75. The number of ether oxygens (including phenoxy) is 1. The lowest BCUT2D eigenvalue weighted by Crippen LogP contribution is -2.29. The summed E-state index contributed by atoms with van der Waals surface area (Å²) in [6.07, 6.45) is 0.598. The topological polar surface area (TPSA) is 49.4 Å². The van der Waals surface area contributed by atoms with Crippen LogP contribution in [0.25, 0.3) is 0 Å². The molecular weight excluding hydrogens is 132 g/mol. The molecule has 0 fully saturated rings. The van der Waals surface area contributed by atoms with Crippen LogP contribution in [0.4, 0.5) is 0 Å². The van der Waals surface area contributed by atoms with E-state index in [4.69, 9.17) is 4.74 Å². The molecule has 0 aromatic carbocycles. The second-order valence-corrected chi connectivity index (χ2v) is 1.76. The van der Waals surface area contributed by atoms with Crippen molar-refractivity contribution in [3.8, 4) is 0 Å². The second kappa shape index (κ2) is 3.71. The fourth-order valence-corrected chi connectivity index (χ4v) is 0.392. The lowest BCUT2D eigenvalue weighted by molar-refractivity contribution is -0.300. The molecule has 56 valence electrons. The van der Waals surface area contributed by atoms with Crippen molar-refractivity contribution in [1.82, 2.24) is 0 Å². The zero-order chi connectivity index (χ0) is 8.15. The minimum atomic E-state index is -1.30. The van der Waals surface area contributed by atoms with E-state index in [0.717, 1.165) is 0 Å². The first-order chi connectivity index (χ1) is 4.59. The van der Waals surface area contributed by atoms with Gasteiger partial charge < -0.3 is 14.6 Å². The number of carbonyl (C=O) groups is 1. The van der Waals surface area contributed by atoms with Crippen LogP contribution in [0.2, 0.25) is 0 Å². The summed E-state index contributed by atoms with van der Waals surface area (Å²) in [5.41, 5.74) is -0.0834. The van der Waals surface area contributed by atoms with Crippen LogP contribution in [-0.2, 0) is 9.53 Å². The van der Waals surface area contributed by atoms with E-state index >= 15 is 0 Å². The average molecular weight is 141 g/mol. The minimum Gasteiger partial charge on any atom is -0.545 e. The summed E-state index contributed by atoms with van der Waals surface area (Å²) >= 11 is 0. The van der Waals surface area contributed by atoms with Crippen LogP contribution in [0.15, 0.2) is 25.0 Å². The average Bonchev–Trinajstić information content (AvgIpc) is 1.87. The number of carboxylic acid groups (broad SMARTS) is 1. The van der Waals surface area contributed by atoms with Gasteiger partial charge in [0, 0.05) is 5.57 Å². The summed E-state index contributed by atoms with van der Waals surface area (Å²) in [7, 11) is 0. The Hall–Kier alpha value is -1.25. The van der Waals surface area contributed by atoms with E-state index in [2.05, 4.69) is 13.2 Å². The molecule has 0 aromatic rings. The smallest absolute Gasteiger partial charge is 0.121 e. The zero-order valence-electron chi connectivity index (χ0n) is 5.79. The van der Waals surface area contributed by atoms with E-state index in [0.29, 0.717) is 0 Å². The second-order valence-electron chi connectivity index (χ2n) is 1.76. The van der Waals surface area contributed by atoms with Crippen LogP contribution in [0.1, 0.15) is 6.92 Å². The van der Waals surface area contributed by atoms with Gasteiger partial charge in [0.2, 0.25) is 0 Å². The molecule has 0 aliphatic carbocycles. The lowest BCUT2D eigenvalue weighted by Gasteiger charge is -2.13. The van der Waals surface area contributed by atoms with Gasteiger partial charge in [-0.3, -0.25) is 0 Å². The molecule has 0 saturated heterocycles. The highest BCUT2D eigenvalue weighted by Gasteiger charge is 2.05. The molecule has 3 nitrogen and oxygen atoms in total. The number of aliphatic carboxylic acids is 1. The fraction of sp³-hybridized carbons (Fsp3) is 0.286. The molecule has 0 spiro atoms. The van der Waals surface area contributed by atoms with E-state index in [9.17, 15) is 9.90 Å². The minimum absolute atomic E-state index is 0.0834. The molecular formula is C7H9O3-. The number of hydrogen-bond donors (Lipinski definition) is 0. The Morgan fingerprint density at radius 1 is 1.80 bits per heavy atom. The number of carboxylic acids is 1. The van der Waals surface area contributed by atoms with Crippen LogP contribution in [-0.4, -0.2) is 12.1 Å². The Balaban J connectivity index is 3.94. The SMILES string of the molecule is C=COC(C)C(=C)C(=O)[O-]. The van der Waals surface area contributed by atoms with Crippen molar-refractivity contribution < 1.29 is 14.6 Å². The Kier molecular flexibility index (Phi) is 3.25. The Labute approximate surface area is 59.6 Å². The normalized spacial score (nSPS) is 11.7. The summed E-state index contributed by atoms with van der Waals surface area (Å²) in [5, 5.41) is 10.1. The zero-order valence-corrected chi connectivity index (χ0v) is 5.79. The summed E-state index contributed by atoms with van der Waals surface area (Å²) in [6.45, 7) is 8.06. The van der Waals surface area contributed by atoms with Gasteiger partial charge in [-0.2, -0.15) is 0 Å². The van der Waals surface area contributed by atoms with Crippen molar-refractivity contribution in [1.29, 1.82) is 0 Å². The third-order valence-corrected chi connectivity index (χ3v) is 1.05. The molecule has 1 unspecified atom stereocenters. The van der Waals surface area contributed by atoms with Crippen molar-refractivity contribution in [2.75, 3.05) is 0 Å². The molecule has 0 radical (unpaired) electrons. The number of hydrogen-bond acceptors (Lipinski definition) is 3. The third-order valence-electron chi connectivity index (χ3n) is 1.05. The third kappa shape index (κ3) is 2.35. The fourth-order valence-electron chi connectivity index (χ4n) is 0.392. The highest BCUT2D eigenvalue weighted by atomic mass is 16.5. The lowest BCUT2D eigenvalue weighted by atomic mass is 10.2. The first-order valence-electron chi connectivity index (χ1n) is 2.76. The van der Waals surface area contributed by atoms with E-state index in [1.165, 1.54) is 6.26 Å². The highest BCUT2D eigenvalue weighted by Crippen LogP contribution is 2.01. The molecule has 0 rings (SSSR count). The van der Waals surface area contributed by atoms with Gasteiger partial charge >= 0.3 is 0 Å². The Bertz CT molecular complexity index is 160. The van der Waals surface area contributed by atoms with Gasteiger partial charge in [0.25, 0.3) is 0 Å².